The Hall–Kier alpha value is -2.28. The first-order valence-corrected chi connectivity index (χ1v) is 7.93. The number of nitrogens with one attached hydrogen (secondary N) is 2. The first-order chi connectivity index (χ1) is 10.8. The average molecular weight is 296 g/mol. The third kappa shape index (κ3) is 5.25. The topological polar surface area (TPSA) is 60.2 Å². The van der Waals surface area contributed by atoms with Gasteiger partial charge in [0.05, 0.1) is 11.6 Å². The molecule has 22 heavy (non-hydrogen) atoms. The molecule has 0 radical (unpaired) electrons. The van der Waals surface area contributed by atoms with Crippen LogP contribution in [0.5, 0.6) is 0 Å². The van der Waals surface area contributed by atoms with Crippen molar-refractivity contribution in [1.82, 2.24) is 10.6 Å². The van der Waals surface area contributed by atoms with Gasteiger partial charge in [-0.25, -0.2) is 0 Å². The van der Waals surface area contributed by atoms with Gasteiger partial charge in [-0.15, -0.1) is 0 Å². The Morgan fingerprint density at radius 2 is 2.23 bits per heavy atom. The fourth-order valence-corrected chi connectivity index (χ4v) is 2.63. The van der Waals surface area contributed by atoms with Crippen molar-refractivity contribution >= 4 is 5.96 Å². The lowest BCUT2D eigenvalue weighted by atomic mass is 9.97. The molecule has 1 aromatic carbocycles. The summed E-state index contributed by atoms with van der Waals surface area (Å²) in [5.41, 5.74) is 3.33. The maximum absolute atomic E-state index is 8.91. The number of benzene rings is 1. The van der Waals surface area contributed by atoms with E-state index in [1.54, 1.807) is 12.6 Å². The van der Waals surface area contributed by atoms with E-state index in [0.29, 0.717) is 12.1 Å². The first kappa shape index (κ1) is 16.1. The lowest BCUT2D eigenvalue weighted by Gasteiger charge is -2.15. The monoisotopic (exact) mass is 296 g/mol. The maximum Gasteiger partial charge on any atom is 0.191 e. The van der Waals surface area contributed by atoms with Crippen LogP contribution in [-0.4, -0.2) is 19.6 Å². The number of guanidine groups is 1. The zero-order valence-corrected chi connectivity index (χ0v) is 13.2. The maximum atomic E-state index is 8.91. The van der Waals surface area contributed by atoms with E-state index in [1.165, 1.54) is 25.7 Å². The molecule has 0 aliphatic heterocycles. The molecule has 0 aromatic heterocycles. The molecule has 0 fully saturated rings. The van der Waals surface area contributed by atoms with Gasteiger partial charge in [-0.3, -0.25) is 4.99 Å². The van der Waals surface area contributed by atoms with Crippen LogP contribution in [-0.2, 0) is 6.54 Å². The van der Waals surface area contributed by atoms with Crippen molar-refractivity contribution < 1.29 is 0 Å². The van der Waals surface area contributed by atoms with E-state index in [0.717, 1.165) is 24.5 Å². The Labute approximate surface area is 133 Å². The summed E-state index contributed by atoms with van der Waals surface area (Å²) in [7, 11) is 1.78. The van der Waals surface area contributed by atoms with Crippen LogP contribution in [0.25, 0.3) is 0 Å². The fourth-order valence-electron chi connectivity index (χ4n) is 2.63. The van der Waals surface area contributed by atoms with Crippen LogP contribution in [0.15, 0.2) is 40.9 Å². The van der Waals surface area contributed by atoms with E-state index in [9.17, 15) is 0 Å². The Balaban J connectivity index is 1.75. The highest BCUT2D eigenvalue weighted by atomic mass is 15.2. The lowest BCUT2D eigenvalue weighted by Crippen LogP contribution is -2.37. The molecule has 4 nitrogen and oxygen atoms in total. The highest BCUT2D eigenvalue weighted by Gasteiger charge is 2.04. The van der Waals surface area contributed by atoms with Gasteiger partial charge >= 0.3 is 0 Å². The van der Waals surface area contributed by atoms with Gasteiger partial charge in [-0.05, 0) is 49.8 Å². The molecular formula is C18H24N4. The van der Waals surface area contributed by atoms with Crippen molar-refractivity contribution in [3.63, 3.8) is 0 Å². The van der Waals surface area contributed by atoms with Crippen molar-refractivity contribution in [2.24, 2.45) is 4.99 Å². The third-order valence-corrected chi connectivity index (χ3v) is 3.86. The summed E-state index contributed by atoms with van der Waals surface area (Å²) in [6, 6.07) is 9.78. The summed E-state index contributed by atoms with van der Waals surface area (Å²) >= 11 is 0. The fraction of sp³-hybridized carbons (Fsp3) is 0.444. The van der Waals surface area contributed by atoms with Crippen molar-refractivity contribution in [3.8, 4) is 6.07 Å². The quantitative estimate of drug-likeness (QED) is 0.498. The standard InChI is InChI=1S/C18H24N4/c1-20-18(21-11-10-15-6-3-2-4-7-15)22-14-17-9-5-8-16(12-17)13-19/h5-6,8-9,12H,2-4,7,10-11,14H2,1H3,(H2,20,21,22). The van der Waals surface area contributed by atoms with Crippen molar-refractivity contribution in [2.45, 2.75) is 38.6 Å². The number of hydrogen-bond donors (Lipinski definition) is 2. The number of nitriles is 1. The minimum atomic E-state index is 0.665. The van der Waals surface area contributed by atoms with E-state index in [2.05, 4.69) is 27.8 Å². The van der Waals surface area contributed by atoms with Gasteiger partial charge < -0.3 is 10.6 Å². The molecule has 0 unspecified atom stereocenters. The Kier molecular flexibility index (Phi) is 6.50. The molecule has 0 atom stereocenters. The van der Waals surface area contributed by atoms with Crippen molar-refractivity contribution in [2.75, 3.05) is 13.6 Å². The van der Waals surface area contributed by atoms with E-state index < -0.39 is 0 Å². The number of allylic oxidation sites excluding steroid dienone is 1. The van der Waals surface area contributed by atoms with Crippen LogP contribution in [0.3, 0.4) is 0 Å². The summed E-state index contributed by atoms with van der Waals surface area (Å²) in [6.45, 7) is 1.57. The number of nitrogens with zero attached hydrogens (tertiary/aromatic N) is 2. The van der Waals surface area contributed by atoms with E-state index >= 15 is 0 Å². The molecule has 1 aliphatic carbocycles. The summed E-state index contributed by atoms with van der Waals surface area (Å²) in [4.78, 5) is 4.24. The molecule has 1 aliphatic rings. The molecule has 2 N–H and O–H groups in total. The van der Waals surface area contributed by atoms with Gasteiger partial charge in [0.15, 0.2) is 5.96 Å². The Morgan fingerprint density at radius 3 is 2.95 bits per heavy atom. The lowest BCUT2D eigenvalue weighted by molar-refractivity contribution is 0.665. The summed E-state index contributed by atoms with van der Waals surface area (Å²) in [6.07, 6.45) is 8.61. The van der Waals surface area contributed by atoms with E-state index in [-0.39, 0.29) is 0 Å². The van der Waals surface area contributed by atoms with Gasteiger partial charge in [0.25, 0.3) is 0 Å². The second-order valence-corrected chi connectivity index (χ2v) is 5.52. The largest absolute Gasteiger partial charge is 0.356 e. The molecule has 0 saturated heterocycles. The van der Waals surface area contributed by atoms with Gasteiger partial charge in [0.2, 0.25) is 0 Å². The normalized spacial score (nSPS) is 14.9. The first-order valence-electron chi connectivity index (χ1n) is 7.93. The van der Waals surface area contributed by atoms with Gasteiger partial charge in [0, 0.05) is 20.1 Å². The smallest absolute Gasteiger partial charge is 0.191 e. The van der Waals surface area contributed by atoms with Crippen LogP contribution in [0.1, 0.15) is 43.2 Å². The van der Waals surface area contributed by atoms with E-state index in [1.807, 2.05) is 24.3 Å². The molecule has 2 rings (SSSR count). The predicted octanol–water partition coefficient (Wildman–Crippen LogP) is 3.11. The third-order valence-electron chi connectivity index (χ3n) is 3.86. The molecule has 0 amide bonds. The average Bonchev–Trinajstić information content (AvgIpc) is 2.59. The molecule has 0 saturated carbocycles. The molecule has 0 bridgehead atoms. The predicted molar refractivity (Wildman–Crippen MR) is 90.5 cm³/mol. The van der Waals surface area contributed by atoms with Crippen molar-refractivity contribution in [1.29, 1.82) is 5.26 Å². The van der Waals surface area contributed by atoms with Crippen LogP contribution >= 0.6 is 0 Å². The van der Waals surface area contributed by atoms with Crippen LogP contribution < -0.4 is 10.6 Å². The van der Waals surface area contributed by atoms with Crippen molar-refractivity contribution in [3.05, 3.63) is 47.0 Å². The Bertz CT molecular complexity index is 581. The number of aliphatic imine (C=N–C) groups is 1. The number of hydrogen-bond acceptors (Lipinski definition) is 2. The molecule has 0 heterocycles. The second kappa shape index (κ2) is 8.89. The van der Waals surface area contributed by atoms with Crippen LogP contribution in [0.4, 0.5) is 0 Å². The molecule has 4 heteroatoms. The summed E-state index contributed by atoms with van der Waals surface area (Å²) < 4.78 is 0. The van der Waals surface area contributed by atoms with Gasteiger partial charge in [-0.1, -0.05) is 23.8 Å². The molecular weight excluding hydrogens is 272 g/mol. The number of rotatable bonds is 5. The van der Waals surface area contributed by atoms with Gasteiger partial charge in [-0.2, -0.15) is 5.26 Å². The minimum absolute atomic E-state index is 0.665. The molecule has 0 spiro atoms. The van der Waals surface area contributed by atoms with Crippen LogP contribution in [0.2, 0.25) is 0 Å². The zero-order chi connectivity index (χ0) is 15.6. The highest BCUT2D eigenvalue weighted by Crippen LogP contribution is 2.19. The van der Waals surface area contributed by atoms with E-state index in [4.69, 9.17) is 5.26 Å². The molecule has 1 aromatic rings. The van der Waals surface area contributed by atoms with Gasteiger partial charge in [0.1, 0.15) is 0 Å². The Morgan fingerprint density at radius 1 is 1.32 bits per heavy atom. The summed E-state index contributed by atoms with van der Waals surface area (Å²) in [5, 5.41) is 15.5. The second-order valence-electron chi connectivity index (χ2n) is 5.52. The minimum Gasteiger partial charge on any atom is -0.356 e. The highest BCUT2D eigenvalue weighted by molar-refractivity contribution is 5.79. The zero-order valence-electron chi connectivity index (χ0n) is 13.2. The SMILES string of the molecule is CN=C(NCCC1=CCCCC1)NCc1cccc(C#N)c1. The summed E-state index contributed by atoms with van der Waals surface area (Å²) in [5.74, 6) is 0.804. The van der Waals surface area contributed by atoms with Crippen LogP contribution in [0, 0.1) is 11.3 Å². The molecule has 116 valence electrons.